The number of para-hydroxylation sites is 1. The summed E-state index contributed by atoms with van der Waals surface area (Å²) >= 11 is 0. The zero-order valence-electron chi connectivity index (χ0n) is 13.7. The molecule has 0 N–H and O–H groups in total. The number of ether oxygens (including phenoxy) is 1. The van der Waals surface area contributed by atoms with Gasteiger partial charge in [-0.15, -0.1) is 5.10 Å². The van der Waals surface area contributed by atoms with Crippen molar-refractivity contribution >= 4 is 5.91 Å². The van der Waals surface area contributed by atoms with E-state index in [4.69, 9.17) is 4.74 Å². The van der Waals surface area contributed by atoms with E-state index in [1.807, 2.05) is 30.3 Å². The number of rotatable bonds is 6. The van der Waals surface area contributed by atoms with E-state index in [1.165, 1.54) is 28.0 Å². The lowest BCUT2D eigenvalue weighted by Gasteiger charge is -2.16. The lowest BCUT2D eigenvalue weighted by Crippen LogP contribution is -2.31. The van der Waals surface area contributed by atoms with Gasteiger partial charge in [0.15, 0.2) is 5.69 Å². The minimum absolute atomic E-state index is 0.245. The van der Waals surface area contributed by atoms with Gasteiger partial charge in [-0.05, 0) is 36.4 Å². The summed E-state index contributed by atoms with van der Waals surface area (Å²) in [5.74, 6) is -0.0108. The zero-order valence-corrected chi connectivity index (χ0v) is 13.7. The molecule has 1 amide bonds. The van der Waals surface area contributed by atoms with Gasteiger partial charge in [0.2, 0.25) is 0 Å². The van der Waals surface area contributed by atoms with E-state index >= 15 is 0 Å². The fourth-order valence-corrected chi connectivity index (χ4v) is 2.18. The first-order chi connectivity index (χ1) is 12.1. The van der Waals surface area contributed by atoms with Crippen molar-refractivity contribution < 1.29 is 13.9 Å². The van der Waals surface area contributed by atoms with Crippen molar-refractivity contribution in [2.45, 2.75) is 0 Å². The first-order valence-corrected chi connectivity index (χ1v) is 7.75. The second kappa shape index (κ2) is 7.57. The molecule has 25 heavy (non-hydrogen) atoms. The summed E-state index contributed by atoms with van der Waals surface area (Å²) in [5, 5.41) is 8.33. The Hall–Kier alpha value is -3.22. The van der Waals surface area contributed by atoms with Crippen LogP contribution in [-0.2, 0) is 0 Å². The summed E-state index contributed by atoms with van der Waals surface area (Å²) in [6.45, 7) is 0.662. The number of aromatic nitrogens is 3. The molecule has 0 spiro atoms. The van der Waals surface area contributed by atoms with Crippen LogP contribution in [0, 0.1) is 5.82 Å². The molecular weight excluding hydrogens is 323 g/mol. The normalized spacial score (nSPS) is 10.5. The fraction of sp³-hybridized carbons (Fsp3) is 0.167. The molecule has 0 aliphatic rings. The molecule has 0 radical (unpaired) electrons. The van der Waals surface area contributed by atoms with E-state index in [-0.39, 0.29) is 17.4 Å². The van der Waals surface area contributed by atoms with E-state index in [0.717, 1.165) is 5.69 Å². The van der Waals surface area contributed by atoms with Gasteiger partial charge >= 0.3 is 0 Å². The lowest BCUT2D eigenvalue weighted by molar-refractivity contribution is 0.0767. The molecule has 0 fully saturated rings. The molecule has 0 aliphatic carbocycles. The number of benzene rings is 2. The standard InChI is InChI=1S/C18H17FN4O2/c1-22(11-12-25-16-9-7-14(19)8-10-16)18(24)17-13-20-23(21-17)15-5-3-2-4-6-15/h2-10,13H,11-12H2,1H3. The van der Waals surface area contributed by atoms with Gasteiger partial charge in [-0.2, -0.15) is 9.90 Å². The third kappa shape index (κ3) is 4.20. The van der Waals surface area contributed by atoms with Crippen LogP contribution in [0.25, 0.3) is 5.69 Å². The highest BCUT2D eigenvalue weighted by Gasteiger charge is 2.16. The maximum absolute atomic E-state index is 12.8. The molecule has 0 saturated carbocycles. The molecule has 6 nitrogen and oxygen atoms in total. The molecule has 0 bridgehead atoms. The second-order valence-electron chi connectivity index (χ2n) is 5.38. The van der Waals surface area contributed by atoms with Crippen molar-refractivity contribution in [1.82, 2.24) is 19.9 Å². The molecule has 0 atom stereocenters. The van der Waals surface area contributed by atoms with E-state index < -0.39 is 0 Å². The Bertz CT molecular complexity index is 834. The van der Waals surface area contributed by atoms with Gasteiger partial charge in [0.1, 0.15) is 18.2 Å². The minimum atomic E-state index is -0.318. The molecule has 128 valence electrons. The third-order valence-electron chi connectivity index (χ3n) is 3.55. The summed E-state index contributed by atoms with van der Waals surface area (Å²) in [6, 6.07) is 15.1. The summed E-state index contributed by atoms with van der Waals surface area (Å²) in [6.07, 6.45) is 1.44. The highest BCUT2D eigenvalue weighted by atomic mass is 19.1. The number of carbonyl (C=O) groups is 1. The van der Waals surface area contributed by atoms with Crippen LogP contribution in [0.15, 0.2) is 60.8 Å². The number of carbonyl (C=O) groups excluding carboxylic acids is 1. The Morgan fingerprint density at radius 2 is 1.88 bits per heavy atom. The molecule has 7 heteroatoms. The summed E-state index contributed by atoms with van der Waals surface area (Å²) in [5.41, 5.74) is 1.04. The van der Waals surface area contributed by atoms with Crippen LogP contribution < -0.4 is 4.74 Å². The Labute approximate surface area is 144 Å². The van der Waals surface area contributed by atoms with Gasteiger partial charge in [-0.3, -0.25) is 4.79 Å². The highest BCUT2D eigenvalue weighted by molar-refractivity contribution is 5.91. The van der Waals surface area contributed by atoms with Crippen molar-refractivity contribution in [1.29, 1.82) is 0 Å². The van der Waals surface area contributed by atoms with Crippen LogP contribution in [0.5, 0.6) is 5.75 Å². The molecule has 3 rings (SSSR count). The lowest BCUT2D eigenvalue weighted by atomic mass is 10.3. The van der Waals surface area contributed by atoms with Gasteiger partial charge in [-0.1, -0.05) is 18.2 Å². The maximum Gasteiger partial charge on any atom is 0.275 e. The van der Waals surface area contributed by atoms with E-state index in [0.29, 0.717) is 18.9 Å². The Morgan fingerprint density at radius 1 is 1.16 bits per heavy atom. The molecule has 1 heterocycles. The van der Waals surface area contributed by atoms with Gasteiger partial charge in [-0.25, -0.2) is 4.39 Å². The number of likely N-dealkylation sites (N-methyl/N-ethyl adjacent to an activating group) is 1. The molecule has 1 aromatic heterocycles. The smallest absolute Gasteiger partial charge is 0.275 e. The monoisotopic (exact) mass is 340 g/mol. The van der Waals surface area contributed by atoms with Gasteiger partial charge < -0.3 is 9.64 Å². The number of amides is 1. The quantitative estimate of drug-likeness (QED) is 0.692. The van der Waals surface area contributed by atoms with Gasteiger partial charge in [0.25, 0.3) is 5.91 Å². The van der Waals surface area contributed by atoms with Crippen molar-refractivity contribution in [3.05, 3.63) is 72.3 Å². The first-order valence-electron chi connectivity index (χ1n) is 7.75. The van der Waals surface area contributed by atoms with E-state index in [2.05, 4.69) is 10.2 Å². The third-order valence-corrected chi connectivity index (χ3v) is 3.55. The minimum Gasteiger partial charge on any atom is -0.492 e. The Balaban J connectivity index is 1.55. The predicted molar refractivity (Wildman–Crippen MR) is 90.2 cm³/mol. The second-order valence-corrected chi connectivity index (χ2v) is 5.38. The van der Waals surface area contributed by atoms with Crippen LogP contribution in [-0.4, -0.2) is 46.0 Å². The SMILES string of the molecule is CN(CCOc1ccc(F)cc1)C(=O)c1cnn(-c2ccccc2)n1. The topological polar surface area (TPSA) is 60.2 Å². The van der Waals surface area contributed by atoms with Crippen LogP contribution in [0.2, 0.25) is 0 Å². The van der Waals surface area contributed by atoms with Crippen molar-refractivity contribution in [3.63, 3.8) is 0 Å². The van der Waals surface area contributed by atoms with E-state index in [1.54, 1.807) is 19.2 Å². The molecule has 3 aromatic rings. The first kappa shape index (κ1) is 16.6. The molecule has 0 aliphatic heterocycles. The van der Waals surface area contributed by atoms with E-state index in [9.17, 15) is 9.18 Å². The molecule has 0 saturated heterocycles. The van der Waals surface area contributed by atoms with Crippen molar-refractivity contribution in [3.8, 4) is 11.4 Å². The van der Waals surface area contributed by atoms with Crippen LogP contribution in [0.1, 0.15) is 10.5 Å². The molecule has 2 aromatic carbocycles. The number of halogens is 1. The largest absolute Gasteiger partial charge is 0.492 e. The van der Waals surface area contributed by atoms with Gasteiger partial charge in [0, 0.05) is 7.05 Å². The fourth-order valence-electron chi connectivity index (χ4n) is 2.18. The average Bonchev–Trinajstić information content (AvgIpc) is 3.13. The number of nitrogens with zero attached hydrogens (tertiary/aromatic N) is 4. The molecule has 0 unspecified atom stereocenters. The summed E-state index contributed by atoms with van der Waals surface area (Å²) < 4.78 is 18.3. The summed E-state index contributed by atoms with van der Waals surface area (Å²) in [7, 11) is 1.66. The number of hydrogen-bond donors (Lipinski definition) is 0. The van der Waals surface area contributed by atoms with Crippen molar-refractivity contribution in [2.24, 2.45) is 0 Å². The predicted octanol–water partition coefficient (Wildman–Crippen LogP) is 2.56. The average molecular weight is 340 g/mol. The van der Waals surface area contributed by atoms with Crippen LogP contribution >= 0.6 is 0 Å². The Kier molecular flexibility index (Phi) is 5.03. The Morgan fingerprint density at radius 3 is 2.60 bits per heavy atom. The van der Waals surface area contributed by atoms with Crippen molar-refractivity contribution in [2.75, 3.05) is 20.2 Å². The summed E-state index contributed by atoms with van der Waals surface area (Å²) in [4.78, 5) is 15.3. The maximum atomic E-state index is 12.8. The highest BCUT2D eigenvalue weighted by Crippen LogP contribution is 2.11. The zero-order chi connectivity index (χ0) is 17.6. The van der Waals surface area contributed by atoms with Gasteiger partial charge in [0.05, 0.1) is 18.4 Å². The van der Waals surface area contributed by atoms with Crippen LogP contribution in [0.3, 0.4) is 0 Å². The van der Waals surface area contributed by atoms with Crippen LogP contribution in [0.4, 0.5) is 4.39 Å². The number of hydrogen-bond acceptors (Lipinski definition) is 4. The molecular formula is C18H17FN4O2.